The zero-order chi connectivity index (χ0) is 51.8. The van der Waals surface area contributed by atoms with Crippen LogP contribution in [0.15, 0.2) is 89.7 Å². The van der Waals surface area contributed by atoms with Gasteiger partial charge in [-0.15, -0.1) is 0 Å². The number of alkyl carbamates (subject to hydrolysis) is 2. The van der Waals surface area contributed by atoms with Crippen molar-refractivity contribution in [3.63, 3.8) is 0 Å². The number of hydrogen-bond donors (Lipinski definition) is 5. The summed E-state index contributed by atoms with van der Waals surface area (Å²) in [5, 5.41) is 14.2. The molecule has 0 bridgehead atoms. The fraction of sp³-hybridized carbons (Fsp3) is 0.537. The summed E-state index contributed by atoms with van der Waals surface area (Å²) in [6.45, 7) is 16.7. The van der Waals surface area contributed by atoms with Gasteiger partial charge in [0, 0.05) is 62.6 Å². The minimum absolute atomic E-state index is 0.0667. The zero-order valence-electron chi connectivity index (χ0n) is 42.7. The van der Waals surface area contributed by atoms with Crippen molar-refractivity contribution in [1.29, 1.82) is 0 Å². The number of amides is 7. The maximum atomic E-state index is 14.5. The Bertz CT molecular complexity index is 2260. The Morgan fingerprint density at radius 1 is 0.662 bits per heavy atom. The molecule has 17 heteroatoms. The Morgan fingerprint density at radius 2 is 1.18 bits per heavy atom. The number of unbranched alkanes of at least 4 members (excludes halogenated alkanes) is 1. The number of piperidine rings is 1. The third kappa shape index (κ3) is 18.6. The van der Waals surface area contributed by atoms with Crippen LogP contribution in [0.2, 0.25) is 0 Å². The third-order valence-electron chi connectivity index (χ3n) is 12.2. The van der Waals surface area contributed by atoms with E-state index < -0.39 is 65.3 Å². The van der Waals surface area contributed by atoms with E-state index in [0.717, 1.165) is 16.7 Å². The Kier molecular flexibility index (Phi) is 19.8. The van der Waals surface area contributed by atoms with Crippen LogP contribution in [0.1, 0.15) is 111 Å². The van der Waals surface area contributed by atoms with Gasteiger partial charge in [-0.05, 0) is 109 Å². The molecule has 1 aromatic heterocycles. The SMILES string of the molecule is CC(C)C[C@@H](NC(=O)[C@@H](Cc1ccccc1)NC(=O)[C@@H](Cc1ccccc1)NC(=O)OC(C)(C)C)C(=O)N[C@H](CCCCNC(=O)OC(C)(C)C)C(=O)N1CCC2(CC1)CN(C(=O)/C=C/c1ccoc1)C2. The molecule has 0 radical (unpaired) electrons. The molecule has 5 rings (SSSR count). The lowest BCUT2D eigenvalue weighted by Gasteiger charge is -2.54. The number of hydrogen-bond acceptors (Lipinski definition) is 10. The van der Waals surface area contributed by atoms with Crippen LogP contribution in [-0.2, 0) is 46.3 Å². The molecule has 0 aliphatic carbocycles. The largest absolute Gasteiger partial charge is 0.472 e. The summed E-state index contributed by atoms with van der Waals surface area (Å²) < 4.78 is 15.9. The van der Waals surface area contributed by atoms with Crippen molar-refractivity contribution in [1.82, 2.24) is 36.4 Å². The highest BCUT2D eigenvalue weighted by Crippen LogP contribution is 2.40. The standard InChI is InChI=1S/C54H75N7O10/c1-37(2)31-42(57-47(64)43(32-38-17-11-9-12-18-38)58-48(65)44(33-39-19-13-10-14-20-39)59-51(68)71-53(6,7)8)46(63)56-41(21-15-16-27-55-50(67)70-52(3,4)5)49(66)60-28-25-54(26-29-60)35-61(36-54)45(62)23-22-40-24-30-69-34-40/h9-14,17-20,22-24,30,34,37,41-44H,15-16,21,25-29,31-33,35-36H2,1-8H3,(H,55,67)(H,56,63)(H,57,64)(H,58,65)(H,59,68)/b23-22+/t41-,42-,43-,44-/m1/s1. The van der Waals surface area contributed by atoms with Gasteiger partial charge >= 0.3 is 12.2 Å². The van der Waals surface area contributed by atoms with Crippen LogP contribution >= 0.6 is 0 Å². The normalized spacial score (nSPS) is 16.2. The van der Waals surface area contributed by atoms with E-state index in [1.54, 1.807) is 76.0 Å². The number of carbonyl (C=O) groups is 7. The van der Waals surface area contributed by atoms with Crippen LogP contribution in [0.25, 0.3) is 6.08 Å². The molecule has 2 aromatic carbocycles. The van der Waals surface area contributed by atoms with Crippen LogP contribution in [-0.4, -0.2) is 120 Å². The summed E-state index contributed by atoms with van der Waals surface area (Å²) in [5.74, 6) is -2.21. The molecule has 17 nitrogen and oxygen atoms in total. The van der Waals surface area contributed by atoms with E-state index in [2.05, 4.69) is 26.6 Å². The Labute approximate surface area is 418 Å². The fourth-order valence-corrected chi connectivity index (χ4v) is 8.62. The predicted molar refractivity (Wildman–Crippen MR) is 269 cm³/mol. The number of carbonyl (C=O) groups excluding carboxylic acids is 7. The number of rotatable bonds is 21. The molecule has 4 atom stereocenters. The first-order chi connectivity index (χ1) is 33.6. The highest BCUT2D eigenvalue weighted by Gasteiger charge is 2.47. The van der Waals surface area contributed by atoms with Crippen molar-refractivity contribution in [2.45, 2.75) is 142 Å². The van der Waals surface area contributed by atoms with E-state index in [4.69, 9.17) is 13.9 Å². The van der Waals surface area contributed by atoms with Crippen LogP contribution in [0, 0.1) is 11.3 Å². The number of nitrogens with zero attached hydrogens (tertiary/aromatic N) is 2. The van der Waals surface area contributed by atoms with Gasteiger partial charge in [0.05, 0.1) is 12.5 Å². The van der Waals surface area contributed by atoms with Crippen molar-refractivity contribution in [3.8, 4) is 0 Å². The maximum Gasteiger partial charge on any atom is 0.408 e. The molecule has 386 valence electrons. The second-order valence-corrected chi connectivity index (χ2v) is 21.2. The maximum absolute atomic E-state index is 14.5. The molecule has 2 aliphatic heterocycles. The summed E-state index contributed by atoms with van der Waals surface area (Å²) in [6, 6.07) is 15.7. The number of furan rings is 1. The molecule has 3 heterocycles. The second-order valence-electron chi connectivity index (χ2n) is 21.2. The lowest BCUT2D eigenvalue weighted by atomic mass is 9.72. The van der Waals surface area contributed by atoms with Crippen molar-refractivity contribution < 1.29 is 47.5 Å². The van der Waals surface area contributed by atoms with Crippen LogP contribution in [0.3, 0.4) is 0 Å². The molecule has 2 aliphatic rings. The first-order valence-electron chi connectivity index (χ1n) is 24.8. The number of nitrogens with one attached hydrogen (secondary N) is 5. The van der Waals surface area contributed by atoms with Crippen molar-refractivity contribution in [2.75, 3.05) is 32.7 Å². The third-order valence-corrected chi connectivity index (χ3v) is 12.2. The van der Waals surface area contributed by atoms with Gasteiger partial charge in [0.2, 0.25) is 29.5 Å². The van der Waals surface area contributed by atoms with Gasteiger partial charge in [0.15, 0.2) is 0 Å². The summed E-state index contributed by atoms with van der Waals surface area (Å²) in [7, 11) is 0. The second kappa shape index (κ2) is 25.5. The van der Waals surface area contributed by atoms with E-state index in [0.29, 0.717) is 58.4 Å². The molecular weight excluding hydrogens is 907 g/mol. The molecular formula is C54H75N7O10. The molecule has 3 aromatic rings. The number of ether oxygens (including phenoxy) is 2. The van der Waals surface area contributed by atoms with Gasteiger partial charge in [0.25, 0.3) is 0 Å². The Hall–Kier alpha value is -6.65. The first-order valence-corrected chi connectivity index (χ1v) is 24.8. The molecule has 2 fully saturated rings. The highest BCUT2D eigenvalue weighted by atomic mass is 16.6. The smallest absolute Gasteiger partial charge is 0.408 e. The van der Waals surface area contributed by atoms with E-state index >= 15 is 0 Å². The summed E-state index contributed by atoms with van der Waals surface area (Å²) in [6.07, 6.45) is 8.04. The molecule has 5 N–H and O–H groups in total. The van der Waals surface area contributed by atoms with Gasteiger partial charge in [-0.3, -0.25) is 24.0 Å². The van der Waals surface area contributed by atoms with Gasteiger partial charge in [-0.25, -0.2) is 9.59 Å². The van der Waals surface area contributed by atoms with Crippen LogP contribution < -0.4 is 26.6 Å². The molecule has 1 spiro atoms. The summed E-state index contributed by atoms with van der Waals surface area (Å²) in [5.41, 5.74) is 0.715. The quantitative estimate of drug-likeness (QED) is 0.0591. The topological polar surface area (TPSA) is 218 Å². The monoisotopic (exact) mass is 982 g/mol. The van der Waals surface area contributed by atoms with Crippen LogP contribution in [0.4, 0.5) is 9.59 Å². The minimum Gasteiger partial charge on any atom is -0.472 e. The number of likely N-dealkylation sites (tertiary alicyclic amines) is 2. The lowest BCUT2D eigenvalue weighted by Crippen LogP contribution is -2.63. The van der Waals surface area contributed by atoms with E-state index in [-0.39, 0.29) is 48.8 Å². The van der Waals surface area contributed by atoms with Gasteiger partial charge in [-0.1, -0.05) is 74.5 Å². The Morgan fingerprint density at radius 3 is 1.72 bits per heavy atom. The molecule has 2 saturated heterocycles. The van der Waals surface area contributed by atoms with Gasteiger partial charge < -0.3 is 50.3 Å². The van der Waals surface area contributed by atoms with Crippen LogP contribution in [0.5, 0.6) is 0 Å². The minimum atomic E-state index is -1.17. The molecule has 71 heavy (non-hydrogen) atoms. The summed E-state index contributed by atoms with van der Waals surface area (Å²) >= 11 is 0. The lowest BCUT2D eigenvalue weighted by molar-refractivity contribution is -0.147. The highest BCUT2D eigenvalue weighted by molar-refractivity contribution is 5.96. The van der Waals surface area contributed by atoms with Gasteiger partial charge in [0.1, 0.15) is 35.4 Å². The van der Waals surface area contributed by atoms with Crippen molar-refractivity contribution in [3.05, 3.63) is 102 Å². The Balaban J connectivity index is 1.30. The average Bonchev–Trinajstić information content (AvgIpc) is 3.82. The average molecular weight is 982 g/mol. The van der Waals surface area contributed by atoms with Gasteiger partial charge in [-0.2, -0.15) is 0 Å². The fourth-order valence-electron chi connectivity index (χ4n) is 8.62. The predicted octanol–water partition coefficient (Wildman–Crippen LogP) is 6.32. The van der Waals surface area contributed by atoms with E-state index in [1.165, 1.54) is 6.08 Å². The summed E-state index contributed by atoms with van der Waals surface area (Å²) in [4.78, 5) is 99.5. The van der Waals surface area contributed by atoms with E-state index in [9.17, 15) is 33.6 Å². The molecule has 0 saturated carbocycles. The van der Waals surface area contributed by atoms with Crippen molar-refractivity contribution in [2.24, 2.45) is 11.3 Å². The number of benzene rings is 2. The van der Waals surface area contributed by atoms with Crippen molar-refractivity contribution >= 4 is 47.8 Å². The molecule has 7 amide bonds. The zero-order valence-corrected chi connectivity index (χ0v) is 42.7. The van der Waals surface area contributed by atoms with E-state index in [1.807, 2.05) is 74.5 Å². The molecule has 0 unspecified atom stereocenters. The first kappa shape index (κ1) is 55.3.